The lowest BCUT2D eigenvalue weighted by atomic mass is 10.1. The van der Waals surface area contributed by atoms with Gasteiger partial charge in [0.1, 0.15) is 23.6 Å². The normalized spacial score (nSPS) is 11.9. The number of carbonyl (C=O) groups excluding carboxylic acids is 1. The van der Waals surface area contributed by atoms with E-state index in [2.05, 4.69) is 20.5 Å². The van der Waals surface area contributed by atoms with Crippen LogP contribution in [-0.2, 0) is 6.42 Å². The molecule has 2 heterocycles. The molecule has 1 aromatic carbocycles. The van der Waals surface area contributed by atoms with Gasteiger partial charge in [-0.25, -0.2) is 22.0 Å². The SMILES string of the molecule is O=C(NCC(F)F)c1ccc(F)c(-c2ccc(NCC[C@H](F)Cc3ncccc3F)nn2)c1. The molecule has 2 N–H and O–H groups in total. The summed E-state index contributed by atoms with van der Waals surface area (Å²) in [5.41, 5.74) is 0.145. The average Bonchev–Trinajstić information content (AvgIpc) is 2.80. The molecule has 0 fully saturated rings. The van der Waals surface area contributed by atoms with E-state index in [0.717, 1.165) is 6.07 Å². The van der Waals surface area contributed by atoms with Gasteiger partial charge in [-0.05, 0) is 48.9 Å². The van der Waals surface area contributed by atoms with Gasteiger partial charge in [0.15, 0.2) is 0 Å². The number of rotatable bonds is 10. The standard InChI is InChI=1S/C22H20F5N5O/c23-14(11-19-17(25)2-1-8-28-19)7-9-29-21-6-5-18(31-32-21)15-10-13(3-4-16(15)24)22(33)30-12-20(26)27/h1-6,8,10,14,20H,7,9,11-12H2,(H,29,32)(H,30,33)/t14-/m0/s1. The van der Waals surface area contributed by atoms with Gasteiger partial charge in [0.25, 0.3) is 12.3 Å². The Bertz CT molecular complexity index is 1080. The molecule has 174 valence electrons. The van der Waals surface area contributed by atoms with E-state index >= 15 is 0 Å². The van der Waals surface area contributed by atoms with Crippen LogP contribution < -0.4 is 10.6 Å². The Hall–Kier alpha value is -3.63. The molecule has 2 aromatic heterocycles. The summed E-state index contributed by atoms with van der Waals surface area (Å²) in [4.78, 5) is 15.8. The van der Waals surface area contributed by atoms with Crippen LogP contribution in [0.25, 0.3) is 11.3 Å². The molecule has 0 saturated carbocycles. The zero-order chi connectivity index (χ0) is 23.8. The van der Waals surface area contributed by atoms with Gasteiger partial charge in [-0.1, -0.05) is 0 Å². The summed E-state index contributed by atoms with van der Waals surface area (Å²) in [7, 11) is 0. The number of aromatic nitrogens is 3. The Balaban J connectivity index is 1.57. The summed E-state index contributed by atoms with van der Waals surface area (Å²) in [6, 6.07) is 9.00. The largest absolute Gasteiger partial charge is 0.368 e. The number of hydrogen-bond donors (Lipinski definition) is 2. The van der Waals surface area contributed by atoms with Crippen molar-refractivity contribution < 1.29 is 26.7 Å². The first-order chi connectivity index (χ1) is 15.8. The second kappa shape index (κ2) is 11.3. The van der Waals surface area contributed by atoms with Crippen molar-refractivity contribution in [1.29, 1.82) is 0 Å². The van der Waals surface area contributed by atoms with Gasteiger partial charge in [-0.3, -0.25) is 9.78 Å². The summed E-state index contributed by atoms with van der Waals surface area (Å²) in [6.45, 7) is -0.625. The van der Waals surface area contributed by atoms with Crippen LogP contribution in [0.15, 0.2) is 48.7 Å². The first-order valence-corrected chi connectivity index (χ1v) is 10.0. The number of carbonyl (C=O) groups is 1. The van der Waals surface area contributed by atoms with E-state index in [0.29, 0.717) is 5.82 Å². The van der Waals surface area contributed by atoms with Gasteiger partial charge in [0.05, 0.1) is 17.9 Å². The third-order valence-corrected chi connectivity index (χ3v) is 4.60. The van der Waals surface area contributed by atoms with Crippen molar-refractivity contribution in [2.75, 3.05) is 18.4 Å². The molecule has 33 heavy (non-hydrogen) atoms. The molecule has 0 bridgehead atoms. The van der Waals surface area contributed by atoms with Crippen molar-refractivity contribution in [1.82, 2.24) is 20.5 Å². The molecule has 0 unspecified atom stereocenters. The Morgan fingerprint density at radius 2 is 1.82 bits per heavy atom. The van der Waals surface area contributed by atoms with Gasteiger partial charge in [0.2, 0.25) is 0 Å². The molecule has 0 aliphatic heterocycles. The maximum atomic E-state index is 14.2. The summed E-state index contributed by atoms with van der Waals surface area (Å²) < 4.78 is 66.4. The number of amides is 1. The fourth-order valence-corrected chi connectivity index (χ4v) is 2.94. The molecule has 11 heteroatoms. The third kappa shape index (κ3) is 6.93. The van der Waals surface area contributed by atoms with Crippen molar-refractivity contribution >= 4 is 11.7 Å². The predicted octanol–water partition coefficient (Wildman–Crippen LogP) is 4.19. The highest BCUT2D eigenvalue weighted by atomic mass is 19.3. The number of alkyl halides is 3. The lowest BCUT2D eigenvalue weighted by Crippen LogP contribution is -2.28. The minimum atomic E-state index is -2.70. The Kier molecular flexibility index (Phi) is 8.22. The lowest BCUT2D eigenvalue weighted by molar-refractivity contribution is 0.0891. The quantitative estimate of drug-likeness (QED) is 0.439. The topological polar surface area (TPSA) is 79.8 Å². The van der Waals surface area contributed by atoms with Crippen molar-refractivity contribution in [3.05, 3.63) is 71.6 Å². The maximum Gasteiger partial charge on any atom is 0.255 e. The van der Waals surface area contributed by atoms with E-state index < -0.39 is 36.7 Å². The van der Waals surface area contributed by atoms with E-state index in [1.165, 1.54) is 42.6 Å². The fourth-order valence-electron chi connectivity index (χ4n) is 2.94. The van der Waals surface area contributed by atoms with E-state index in [1.807, 2.05) is 5.32 Å². The number of nitrogens with one attached hydrogen (secondary N) is 2. The molecular weight excluding hydrogens is 445 g/mol. The third-order valence-electron chi connectivity index (χ3n) is 4.60. The maximum absolute atomic E-state index is 14.2. The first kappa shape index (κ1) is 24.0. The lowest BCUT2D eigenvalue weighted by Gasteiger charge is -2.10. The van der Waals surface area contributed by atoms with Gasteiger partial charge in [-0.2, -0.15) is 0 Å². The van der Waals surface area contributed by atoms with Gasteiger partial charge in [-0.15, -0.1) is 10.2 Å². The minimum absolute atomic E-state index is 0.00520. The smallest absolute Gasteiger partial charge is 0.255 e. The molecule has 0 spiro atoms. The van der Waals surface area contributed by atoms with Crippen molar-refractivity contribution in [3.8, 4) is 11.3 Å². The number of anilines is 1. The van der Waals surface area contributed by atoms with E-state index in [9.17, 15) is 26.7 Å². The second-order valence-electron chi connectivity index (χ2n) is 7.05. The number of hydrogen-bond acceptors (Lipinski definition) is 5. The predicted molar refractivity (Wildman–Crippen MR) is 112 cm³/mol. The van der Waals surface area contributed by atoms with E-state index in [-0.39, 0.29) is 41.9 Å². The molecule has 3 aromatic rings. The molecule has 0 saturated heterocycles. The van der Waals surface area contributed by atoms with Crippen LogP contribution in [0.2, 0.25) is 0 Å². The summed E-state index contributed by atoms with van der Waals surface area (Å²) in [6.07, 6.45) is -2.70. The zero-order valence-electron chi connectivity index (χ0n) is 17.2. The van der Waals surface area contributed by atoms with Crippen LogP contribution >= 0.6 is 0 Å². The molecule has 0 aliphatic rings. The monoisotopic (exact) mass is 465 g/mol. The van der Waals surface area contributed by atoms with Crippen LogP contribution in [0.3, 0.4) is 0 Å². The first-order valence-electron chi connectivity index (χ1n) is 10.0. The average molecular weight is 465 g/mol. The van der Waals surface area contributed by atoms with Crippen molar-refractivity contribution in [2.45, 2.75) is 25.4 Å². The van der Waals surface area contributed by atoms with Crippen LogP contribution in [0.1, 0.15) is 22.5 Å². The van der Waals surface area contributed by atoms with Crippen LogP contribution in [-0.4, -0.2) is 46.8 Å². The number of benzene rings is 1. The van der Waals surface area contributed by atoms with Crippen molar-refractivity contribution in [2.24, 2.45) is 0 Å². The Labute approximate surface area is 186 Å². The molecule has 0 aliphatic carbocycles. The van der Waals surface area contributed by atoms with E-state index in [1.54, 1.807) is 0 Å². The van der Waals surface area contributed by atoms with Crippen LogP contribution in [0.5, 0.6) is 0 Å². The fraction of sp³-hybridized carbons (Fsp3) is 0.273. The highest BCUT2D eigenvalue weighted by Gasteiger charge is 2.15. The number of pyridine rings is 1. The molecule has 6 nitrogen and oxygen atoms in total. The molecular formula is C22H20F5N5O. The second-order valence-corrected chi connectivity index (χ2v) is 7.05. The minimum Gasteiger partial charge on any atom is -0.368 e. The molecule has 0 radical (unpaired) electrons. The highest BCUT2D eigenvalue weighted by molar-refractivity contribution is 5.95. The molecule has 1 atom stereocenters. The summed E-state index contributed by atoms with van der Waals surface area (Å²) >= 11 is 0. The zero-order valence-corrected chi connectivity index (χ0v) is 17.2. The number of nitrogens with zero attached hydrogens (tertiary/aromatic N) is 3. The van der Waals surface area contributed by atoms with Gasteiger partial charge >= 0.3 is 0 Å². The molecule has 1 amide bonds. The van der Waals surface area contributed by atoms with Gasteiger partial charge < -0.3 is 10.6 Å². The van der Waals surface area contributed by atoms with E-state index in [4.69, 9.17) is 0 Å². The summed E-state index contributed by atoms with van der Waals surface area (Å²) in [5.74, 6) is -1.69. The Morgan fingerprint density at radius 3 is 2.52 bits per heavy atom. The van der Waals surface area contributed by atoms with Crippen LogP contribution in [0, 0.1) is 11.6 Å². The summed E-state index contributed by atoms with van der Waals surface area (Å²) in [5, 5.41) is 12.7. The molecule has 3 rings (SSSR count). The Morgan fingerprint density at radius 1 is 1.00 bits per heavy atom. The highest BCUT2D eigenvalue weighted by Crippen LogP contribution is 2.22. The van der Waals surface area contributed by atoms with Crippen LogP contribution in [0.4, 0.5) is 27.8 Å². The van der Waals surface area contributed by atoms with Gasteiger partial charge in [0, 0.05) is 30.3 Å². The number of halogens is 5. The van der Waals surface area contributed by atoms with Crippen molar-refractivity contribution in [3.63, 3.8) is 0 Å².